The van der Waals surface area contributed by atoms with Gasteiger partial charge in [0.15, 0.2) is 0 Å². The van der Waals surface area contributed by atoms with Crippen LogP contribution in [0.1, 0.15) is 6.42 Å². The number of amides is 1. The molecule has 106 valence electrons. The van der Waals surface area contributed by atoms with Gasteiger partial charge in [0.25, 0.3) is 0 Å². The summed E-state index contributed by atoms with van der Waals surface area (Å²) in [4.78, 5) is 11.4. The Hall–Kier alpha value is -1.47. The van der Waals surface area contributed by atoms with Gasteiger partial charge < -0.3 is 15.8 Å². The Kier molecular flexibility index (Phi) is 5.44. The highest BCUT2D eigenvalue weighted by Gasteiger charge is 2.26. The number of hydrogen-bond donors (Lipinski definition) is 2. The van der Waals surface area contributed by atoms with Gasteiger partial charge in [-0.15, -0.1) is 0 Å². The number of hydrogen-bond acceptors (Lipinski definition) is 3. The standard InChI is InChI=1S/C11H12ClF3N2O2/c12-8-5-7(16)1-2-9(8)17-10(18)6-19-4-3-11(13,14)15/h1-2,5H,3-4,6,16H2,(H,17,18). The molecule has 0 bridgehead atoms. The molecule has 0 aliphatic carbocycles. The molecule has 4 nitrogen and oxygen atoms in total. The van der Waals surface area contributed by atoms with E-state index in [1.807, 2.05) is 0 Å². The average Bonchev–Trinajstić information content (AvgIpc) is 2.27. The number of alkyl halides is 3. The van der Waals surface area contributed by atoms with Crippen LogP contribution >= 0.6 is 11.6 Å². The van der Waals surface area contributed by atoms with E-state index >= 15 is 0 Å². The van der Waals surface area contributed by atoms with Gasteiger partial charge in [-0.2, -0.15) is 13.2 Å². The third kappa shape index (κ3) is 6.30. The summed E-state index contributed by atoms with van der Waals surface area (Å²) in [6.07, 6.45) is -5.39. The lowest BCUT2D eigenvalue weighted by Crippen LogP contribution is -2.20. The smallest absolute Gasteiger partial charge is 0.391 e. The number of halogens is 4. The first-order chi connectivity index (χ1) is 8.78. The van der Waals surface area contributed by atoms with Crippen molar-refractivity contribution >= 4 is 28.9 Å². The van der Waals surface area contributed by atoms with Crippen LogP contribution in [0.4, 0.5) is 24.5 Å². The largest absolute Gasteiger partial charge is 0.399 e. The second-order valence-corrected chi connectivity index (χ2v) is 4.11. The van der Waals surface area contributed by atoms with E-state index in [2.05, 4.69) is 10.1 Å². The molecule has 0 aliphatic rings. The van der Waals surface area contributed by atoms with Crippen LogP contribution in [0, 0.1) is 0 Å². The van der Waals surface area contributed by atoms with Crippen molar-refractivity contribution in [1.82, 2.24) is 0 Å². The average molecular weight is 297 g/mol. The molecule has 0 atom stereocenters. The van der Waals surface area contributed by atoms with Crippen molar-refractivity contribution in [2.75, 3.05) is 24.3 Å². The van der Waals surface area contributed by atoms with Crippen LogP contribution in [0.5, 0.6) is 0 Å². The maximum atomic E-state index is 11.8. The molecule has 0 spiro atoms. The molecule has 0 aromatic heterocycles. The number of rotatable bonds is 5. The molecule has 0 heterocycles. The molecule has 19 heavy (non-hydrogen) atoms. The van der Waals surface area contributed by atoms with Gasteiger partial charge in [-0.25, -0.2) is 0 Å². The van der Waals surface area contributed by atoms with Crippen molar-refractivity contribution in [3.63, 3.8) is 0 Å². The Morgan fingerprint density at radius 1 is 1.42 bits per heavy atom. The maximum Gasteiger partial charge on any atom is 0.391 e. The molecule has 8 heteroatoms. The minimum absolute atomic E-state index is 0.239. The number of nitrogens with one attached hydrogen (secondary N) is 1. The van der Waals surface area contributed by atoms with Gasteiger partial charge >= 0.3 is 6.18 Å². The molecule has 0 saturated heterocycles. The molecule has 0 aliphatic heterocycles. The Labute approximate surface area is 112 Å². The van der Waals surface area contributed by atoms with Crippen molar-refractivity contribution in [2.45, 2.75) is 12.6 Å². The maximum absolute atomic E-state index is 11.8. The SMILES string of the molecule is Nc1ccc(NC(=O)COCCC(F)(F)F)c(Cl)c1. The highest BCUT2D eigenvalue weighted by atomic mass is 35.5. The fourth-order valence-corrected chi connectivity index (χ4v) is 1.41. The lowest BCUT2D eigenvalue weighted by molar-refractivity contribution is -0.147. The fraction of sp³-hybridized carbons (Fsp3) is 0.364. The van der Waals surface area contributed by atoms with Gasteiger partial charge in [-0.05, 0) is 18.2 Å². The number of benzene rings is 1. The third-order valence-electron chi connectivity index (χ3n) is 2.03. The van der Waals surface area contributed by atoms with E-state index in [9.17, 15) is 18.0 Å². The van der Waals surface area contributed by atoms with E-state index in [0.29, 0.717) is 11.4 Å². The van der Waals surface area contributed by atoms with E-state index in [1.54, 1.807) is 0 Å². The molecule has 1 aromatic carbocycles. The minimum atomic E-state index is -4.29. The Morgan fingerprint density at radius 3 is 2.68 bits per heavy atom. The van der Waals surface area contributed by atoms with Crippen molar-refractivity contribution in [2.24, 2.45) is 0 Å². The van der Waals surface area contributed by atoms with E-state index in [-0.39, 0.29) is 5.02 Å². The van der Waals surface area contributed by atoms with Gasteiger partial charge in [-0.1, -0.05) is 11.6 Å². The summed E-state index contributed by atoms with van der Waals surface area (Å²) >= 11 is 5.81. The van der Waals surface area contributed by atoms with Crippen LogP contribution in [-0.2, 0) is 9.53 Å². The number of nitrogens with two attached hydrogens (primary N) is 1. The van der Waals surface area contributed by atoms with Gasteiger partial charge in [0.05, 0.1) is 23.7 Å². The lowest BCUT2D eigenvalue weighted by Gasteiger charge is -2.09. The molecule has 3 N–H and O–H groups in total. The number of ether oxygens (including phenoxy) is 1. The highest BCUT2D eigenvalue weighted by molar-refractivity contribution is 6.34. The molecule has 0 fully saturated rings. The topological polar surface area (TPSA) is 64.3 Å². The summed E-state index contributed by atoms with van der Waals surface area (Å²) in [6, 6.07) is 4.47. The third-order valence-corrected chi connectivity index (χ3v) is 2.34. The van der Waals surface area contributed by atoms with E-state index in [0.717, 1.165) is 0 Å². The van der Waals surface area contributed by atoms with Gasteiger partial charge in [0, 0.05) is 5.69 Å². The number of anilines is 2. The summed E-state index contributed by atoms with van der Waals surface area (Å²) < 4.78 is 40.0. The van der Waals surface area contributed by atoms with Crippen LogP contribution < -0.4 is 11.1 Å². The van der Waals surface area contributed by atoms with Crippen LogP contribution in [0.2, 0.25) is 5.02 Å². The van der Waals surface area contributed by atoms with Crippen LogP contribution in [0.3, 0.4) is 0 Å². The molecule has 1 amide bonds. The van der Waals surface area contributed by atoms with E-state index < -0.39 is 31.7 Å². The Morgan fingerprint density at radius 2 is 2.11 bits per heavy atom. The van der Waals surface area contributed by atoms with Crippen molar-refractivity contribution < 1.29 is 22.7 Å². The summed E-state index contributed by atoms with van der Waals surface area (Å²) in [5.41, 5.74) is 6.22. The second-order valence-electron chi connectivity index (χ2n) is 3.71. The minimum Gasteiger partial charge on any atom is -0.399 e. The first-order valence-electron chi connectivity index (χ1n) is 5.27. The van der Waals surface area contributed by atoms with E-state index in [4.69, 9.17) is 17.3 Å². The van der Waals surface area contributed by atoms with Gasteiger partial charge in [0.1, 0.15) is 6.61 Å². The first kappa shape index (κ1) is 15.6. The van der Waals surface area contributed by atoms with Crippen LogP contribution in [0.15, 0.2) is 18.2 Å². The summed E-state index contributed by atoms with van der Waals surface area (Å²) in [7, 11) is 0. The van der Waals surface area contributed by atoms with E-state index in [1.165, 1.54) is 18.2 Å². The Bertz CT molecular complexity index is 452. The normalized spacial score (nSPS) is 11.4. The van der Waals surface area contributed by atoms with Crippen LogP contribution in [0.25, 0.3) is 0 Å². The zero-order valence-corrected chi connectivity index (χ0v) is 10.5. The molecule has 1 aromatic rings. The van der Waals surface area contributed by atoms with Crippen LogP contribution in [-0.4, -0.2) is 25.3 Å². The number of nitrogen functional groups attached to an aromatic ring is 1. The van der Waals surface area contributed by atoms with Crippen molar-refractivity contribution in [3.8, 4) is 0 Å². The number of carbonyl (C=O) groups excluding carboxylic acids is 1. The zero-order valence-electron chi connectivity index (χ0n) is 9.76. The van der Waals surface area contributed by atoms with Crippen molar-refractivity contribution in [1.29, 1.82) is 0 Å². The summed E-state index contributed by atoms with van der Waals surface area (Å²) in [5, 5.41) is 2.64. The molecule has 0 radical (unpaired) electrons. The summed E-state index contributed by atoms with van der Waals surface area (Å²) in [6.45, 7) is -1.04. The molecule has 0 unspecified atom stereocenters. The summed E-state index contributed by atoms with van der Waals surface area (Å²) in [5.74, 6) is -0.589. The second kappa shape index (κ2) is 6.63. The zero-order chi connectivity index (χ0) is 14.5. The first-order valence-corrected chi connectivity index (χ1v) is 5.65. The highest BCUT2D eigenvalue weighted by Crippen LogP contribution is 2.24. The molecular weight excluding hydrogens is 285 g/mol. The predicted molar refractivity (Wildman–Crippen MR) is 66.0 cm³/mol. The molecule has 0 saturated carbocycles. The van der Waals surface area contributed by atoms with Gasteiger partial charge in [0.2, 0.25) is 5.91 Å². The quantitative estimate of drug-likeness (QED) is 0.649. The van der Waals surface area contributed by atoms with Crippen molar-refractivity contribution in [3.05, 3.63) is 23.2 Å². The molecule has 1 rings (SSSR count). The molecular formula is C11H12ClF3N2O2. The Balaban J connectivity index is 2.35. The fourth-order valence-electron chi connectivity index (χ4n) is 1.17. The monoisotopic (exact) mass is 296 g/mol. The number of carbonyl (C=O) groups is 1. The lowest BCUT2D eigenvalue weighted by atomic mass is 10.3. The predicted octanol–water partition coefficient (Wildman–Crippen LogP) is 2.83. The van der Waals surface area contributed by atoms with Gasteiger partial charge in [-0.3, -0.25) is 4.79 Å².